The number of anilines is 1. The Morgan fingerprint density at radius 2 is 2.17 bits per heavy atom. The summed E-state index contributed by atoms with van der Waals surface area (Å²) in [5.41, 5.74) is 2.68. The molecule has 2 fully saturated rings. The van der Waals surface area contributed by atoms with Gasteiger partial charge in [-0.25, -0.2) is 0 Å². The SMILES string of the molecule is Cc1ccncc1N1CC2CCCCN2CC1C. The molecular weight excluding hydrogens is 222 g/mol. The minimum absolute atomic E-state index is 0.599. The summed E-state index contributed by atoms with van der Waals surface area (Å²) >= 11 is 0. The molecule has 3 heteroatoms. The summed E-state index contributed by atoms with van der Waals surface area (Å²) in [5, 5.41) is 0. The fourth-order valence-corrected chi connectivity index (χ4v) is 3.44. The van der Waals surface area contributed by atoms with Gasteiger partial charge in [0.2, 0.25) is 0 Å². The van der Waals surface area contributed by atoms with Crippen LogP contribution in [-0.4, -0.2) is 41.6 Å². The lowest BCUT2D eigenvalue weighted by Gasteiger charge is -2.48. The van der Waals surface area contributed by atoms with Crippen LogP contribution in [0.4, 0.5) is 5.69 Å². The van der Waals surface area contributed by atoms with Gasteiger partial charge in [-0.1, -0.05) is 6.42 Å². The fourth-order valence-electron chi connectivity index (χ4n) is 3.44. The summed E-state index contributed by atoms with van der Waals surface area (Å²) in [6, 6.07) is 3.48. The molecule has 3 heterocycles. The molecule has 0 bridgehead atoms. The Morgan fingerprint density at radius 3 is 3.00 bits per heavy atom. The molecule has 0 saturated carbocycles. The average molecular weight is 245 g/mol. The molecule has 3 rings (SSSR count). The van der Waals surface area contributed by atoms with E-state index >= 15 is 0 Å². The van der Waals surface area contributed by atoms with E-state index < -0.39 is 0 Å². The van der Waals surface area contributed by atoms with Crippen molar-refractivity contribution in [1.82, 2.24) is 9.88 Å². The molecule has 1 aromatic heterocycles. The molecule has 3 nitrogen and oxygen atoms in total. The van der Waals surface area contributed by atoms with Gasteiger partial charge >= 0.3 is 0 Å². The van der Waals surface area contributed by atoms with Crippen molar-refractivity contribution < 1.29 is 0 Å². The molecule has 0 radical (unpaired) electrons. The van der Waals surface area contributed by atoms with E-state index in [1.54, 1.807) is 0 Å². The van der Waals surface area contributed by atoms with Gasteiger partial charge in [0, 0.05) is 31.4 Å². The van der Waals surface area contributed by atoms with Crippen LogP contribution in [-0.2, 0) is 0 Å². The maximum absolute atomic E-state index is 4.30. The van der Waals surface area contributed by atoms with Gasteiger partial charge in [-0.2, -0.15) is 0 Å². The van der Waals surface area contributed by atoms with E-state index in [-0.39, 0.29) is 0 Å². The second-order valence-corrected chi connectivity index (χ2v) is 5.81. The first kappa shape index (κ1) is 12.0. The summed E-state index contributed by atoms with van der Waals surface area (Å²) in [4.78, 5) is 9.56. The summed E-state index contributed by atoms with van der Waals surface area (Å²) < 4.78 is 0. The minimum atomic E-state index is 0.599. The van der Waals surface area contributed by atoms with Crippen LogP contribution in [0.2, 0.25) is 0 Å². The predicted molar refractivity (Wildman–Crippen MR) is 75.0 cm³/mol. The molecule has 2 saturated heterocycles. The number of hydrogen-bond acceptors (Lipinski definition) is 3. The number of piperidine rings is 1. The van der Waals surface area contributed by atoms with Gasteiger partial charge in [0.1, 0.15) is 0 Å². The molecule has 2 atom stereocenters. The lowest BCUT2D eigenvalue weighted by atomic mass is 9.96. The second-order valence-electron chi connectivity index (χ2n) is 5.81. The van der Waals surface area contributed by atoms with E-state index in [1.807, 2.05) is 12.4 Å². The highest BCUT2D eigenvalue weighted by molar-refractivity contribution is 5.52. The van der Waals surface area contributed by atoms with Crippen LogP contribution in [0, 0.1) is 6.92 Å². The summed E-state index contributed by atoms with van der Waals surface area (Å²) in [7, 11) is 0. The van der Waals surface area contributed by atoms with Crippen LogP contribution in [0.15, 0.2) is 18.5 Å². The number of pyridine rings is 1. The summed E-state index contributed by atoms with van der Waals surface area (Å²) in [5.74, 6) is 0. The van der Waals surface area contributed by atoms with Crippen LogP contribution in [0.5, 0.6) is 0 Å². The van der Waals surface area contributed by atoms with Crippen molar-refractivity contribution in [3.63, 3.8) is 0 Å². The monoisotopic (exact) mass is 245 g/mol. The standard InChI is InChI=1S/C15H23N3/c1-12-6-7-16-9-15(12)18-11-14-5-3-4-8-17(14)10-13(18)2/h6-7,9,13-14H,3-5,8,10-11H2,1-2H3. The van der Waals surface area contributed by atoms with E-state index in [0.29, 0.717) is 6.04 Å². The molecule has 0 amide bonds. The van der Waals surface area contributed by atoms with E-state index in [1.165, 1.54) is 50.1 Å². The highest BCUT2D eigenvalue weighted by Crippen LogP contribution is 2.29. The third-order valence-corrected chi connectivity index (χ3v) is 4.51. The molecular formula is C15H23N3. The maximum atomic E-state index is 4.30. The first-order valence-electron chi connectivity index (χ1n) is 7.17. The molecule has 98 valence electrons. The summed E-state index contributed by atoms with van der Waals surface area (Å²) in [6.45, 7) is 8.22. The average Bonchev–Trinajstić information content (AvgIpc) is 2.39. The van der Waals surface area contributed by atoms with Crippen molar-refractivity contribution in [2.75, 3.05) is 24.5 Å². The number of nitrogens with zero attached hydrogens (tertiary/aromatic N) is 3. The zero-order chi connectivity index (χ0) is 12.5. The highest BCUT2D eigenvalue weighted by Gasteiger charge is 2.33. The Hall–Kier alpha value is -1.09. The Morgan fingerprint density at radius 1 is 1.28 bits per heavy atom. The van der Waals surface area contributed by atoms with Gasteiger partial charge in [0.25, 0.3) is 0 Å². The number of piperazine rings is 1. The molecule has 18 heavy (non-hydrogen) atoms. The predicted octanol–water partition coefficient (Wildman–Crippen LogP) is 2.45. The fraction of sp³-hybridized carbons (Fsp3) is 0.667. The molecule has 2 unspecified atom stereocenters. The zero-order valence-corrected chi connectivity index (χ0v) is 11.5. The second kappa shape index (κ2) is 4.88. The molecule has 2 aliphatic rings. The molecule has 2 aliphatic heterocycles. The smallest absolute Gasteiger partial charge is 0.0585 e. The third-order valence-electron chi connectivity index (χ3n) is 4.51. The van der Waals surface area contributed by atoms with Crippen LogP contribution in [0.3, 0.4) is 0 Å². The molecule has 0 aromatic carbocycles. The van der Waals surface area contributed by atoms with Gasteiger partial charge in [0.15, 0.2) is 0 Å². The van der Waals surface area contributed by atoms with Crippen LogP contribution in [0.25, 0.3) is 0 Å². The van der Waals surface area contributed by atoms with Crippen molar-refractivity contribution in [1.29, 1.82) is 0 Å². The Bertz CT molecular complexity index is 418. The van der Waals surface area contributed by atoms with Gasteiger partial charge in [0.05, 0.1) is 11.9 Å². The van der Waals surface area contributed by atoms with Crippen LogP contribution < -0.4 is 4.90 Å². The lowest BCUT2D eigenvalue weighted by Crippen LogP contribution is -2.59. The van der Waals surface area contributed by atoms with Gasteiger partial charge in [-0.3, -0.25) is 9.88 Å². The quantitative estimate of drug-likeness (QED) is 0.757. The third kappa shape index (κ3) is 2.12. The Labute approximate surface area is 110 Å². The zero-order valence-electron chi connectivity index (χ0n) is 11.5. The first-order chi connectivity index (χ1) is 8.75. The largest absolute Gasteiger partial charge is 0.365 e. The Kier molecular flexibility index (Phi) is 3.25. The number of aromatic nitrogens is 1. The molecule has 0 aliphatic carbocycles. The van der Waals surface area contributed by atoms with Crippen molar-refractivity contribution in [3.05, 3.63) is 24.0 Å². The van der Waals surface area contributed by atoms with Crippen molar-refractivity contribution in [2.45, 2.75) is 45.2 Å². The maximum Gasteiger partial charge on any atom is 0.0585 e. The molecule has 0 spiro atoms. The van der Waals surface area contributed by atoms with E-state index in [2.05, 4.69) is 34.7 Å². The molecule has 0 N–H and O–H groups in total. The van der Waals surface area contributed by atoms with Crippen LogP contribution >= 0.6 is 0 Å². The van der Waals surface area contributed by atoms with E-state index in [9.17, 15) is 0 Å². The Balaban J connectivity index is 1.82. The van der Waals surface area contributed by atoms with Gasteiger partial charge < -0.3 is 4.90 Å². The van der Waals surface area contributed by atoms with Crippen molar-refractivity contribution in [3.8, 4) is 0 Å². The number of rotatable bonds is 1. The van der Waals surface area contributed by atoms with E-state index in [4.69, 9.17) is 0 Å². The number of fused-ring (bicyclic) bond motifs is 1. The van der Waals surface area contributed by atoms with E-state index in [0.717, 1.165) is 6.04 Å². The minimum Gasteiger partial charge on any atom is -0.365 e. The number of aryl methyl sites for hydroxylation is 1. The normalized spacial score (nSPS) is 29.1. The highest BCUT2D eigenvalue weighted by atomic mass is 15.3. The number of hydrogen-bond donors (Lipinski definition) is 0. The van der Waals surface area contributed by atoms with Gasteiger partial charge in [-0.15, -0.1) is 0 Å². The summed E-state index contributed by atoms with van der Waals surface area (Å²) in [6.07, 6.45) is 8.07. The van der Waals surface area contributed by atoms with Gasteiger partial charge in [-0.05, 0) is 44.9 Å². The van der Waals surface area contributed by atoms with Crippen molar-refractivity contribution in [2.24, 2.45) is 0 Å². The lowest BCUT2D eigenvalue weighted by molar-refractivity contribution is 0.115. The van der Waals surface area contributed by atoms with Crippen molar-refractivity contribution >= 4 is 5.69 Å². The van der Waals surface area contributed by atoms with Crippen LogP contribution in [0.1, 0.15) is 31.7 Å². The molecule has 1 aromatic rings. The first-order valence-corrected chi connectivity index (χ1v) is 7.17. The topological polar surface area (TPSA) is 19.4 Å².